The third-order valence-electron chi connectivity index (χ3n) is 2.56. The number of primary amides is 1. The van der Waals surface area contributed by atoms with Crippen LogP contribution in [0.1, 0.15) is 33.6 Å². The number of carbonyl (C=O) groups is 2. The maximum absolute atomic E-state index is 11.8. The molecule has 0 spiro atoms. The van der Waals surface area contributed by atoms with Crippen molar-refractivity contribution in [3.05, 3.63) is 0 Å². The van der Waals surface area contributed by atoms with Gasteiger partial charge in [-0.1, -0.05) is 27.2 Å². The standard InChI is InChI=1S/C11H23N3O2/c1-4-5-8(6-12)11(16)14-9(7(2)3)10(13)15/h7-9H,4-6,12H2,1-3H3,(H2,13,15)(H,14,16). The van der Waals surface area contributed by atoms with Crippen LogP contribution in [-0.2, 0) is 9.59 Å². The summed E-state index contributed by atoms with van der Waals surface area (Å²) in [6.45, 7) is 5.97. The Hall–Kier alpha value is -1.10. The highest BCUT2D eigenvalue weighted by Gasteiger charge is 2.24. The minimum atomic E-state index is -0.613. The minimum Gasteiger partial charge on any atom is -0.368 e. The van der Waals surface area contributed by atoms with Gasteiger partial charge in [-0.05, 0) is 12.3 Å². The van der Waals surface area contributed by atoms with Crippen molar-refractivity contribution in [1.29, 1.82) is 0 Å². The average molecular weight is 229 g/mol. The normalized spacial score (nSPS) is 14.6. The molecule has 5 nitrogen and oxygen atoms in total. The Labute approximate surface area is 96.9 Å². The maximum atomic E-state index is 11.8. The monoisotopic (exact) mass is 229 g/mol. The fourth-order valence-corrected chi connectivity index (χ4v) is 1.54. The summed E-state index contributed by atoms with van der Waals surface area (Å²) in [5.74, 6) is -0.926. The smallest absolute Gasteiger partial charge is 0.240 e. The summed E-state index contributed by atoms with van der Waals surface area (Å²) in [5.41, 5.74) is 10.7. The van der Waals surface area contributed by atoms with Gasteiger partial charge in [0, 0.05) is 6.54 Å². The molecule has 5 N–H and O–H groups in total. The van der Waals surface area contributed by atoms with Crippen LogP contribution < -0.4 is 16.8 Å². The van der Waals surface area contributed by atoms with Gasteiger partial charge in [0.25, 0.3) is 0 Å². The summed E-state index contributed by atoms with van der Waals surface area (Å²) in [7, 11) is 0. The second kappa shape index (κ2) is 7.22. The van der Waals surface area contributed by atoms with E-state index in [0.29, 0.717) is 6.54 Å². The van der Waals surface area contributed by atoms with Crippen molar-refractivity contribution in [3.8, 4) is 0 Å². The molecule has 2 amide bonds. The minimum absolute atomic E-state index is 0.0125. The summed E-state index contributed by atoms with van der Waals surface area (Å²) in [6, 6.07) is -0.613. The van der Waals surface area contributed by atoms with Crippen molar-refractivity contribution in [2.75, 3.05) is 6.54 Å². The second-order valence-corrected chi connectivity index (χ2v) is 4.35. The molecule has 0 heterocycles. The first-order valence-corrected chi connectivity index (χ1v) is 5.73. The first kappa shape index (κ1) is 14.9. The summed E-state index contributed by atoms with van der Waals surface area (Å²) >= 11 is 0. The summed E-state index contributed by atoms with van der Waals surface area (Å²) < 4.78 is 0. The molecule has 0 aromatic heterocycles. The molecule has 0 aliphatic rings. The average Bonchev–Trinajstić information content (AvgIpc) is 2.21. The molecule has 0 aliphatic heterocycles. The van der Waals surface area contributed by atoms with Crippen LogP contribution in [0, 0.1) is 11.8 Å². The molecule has 94 valence electrons. The molecule has 2 atom stereocenters. The van der Waals surface area contributed by atoms with Crippen LogP contribution in [-0.4, -0.2) is 24.4 Å². The Balaban J connectivity index is 4.43. The highest BCUT2D eigenvalue weighted by Crippen LogP contribution is 2.07. The van der Waals surface area contributed by atoms with E-state index in [0.717, 1.165) is 12.8 Å². The van der Waals surface area contributed by atoms with Gasteiger partial charge in [-0.2, -0.15) is 0 Å². The van der Waals surface area contributed by atoms with Crippen molar-refractivity contribution in [2.24, 2.45) is 23.3 Å². The Morgan fingerprint density at radius 2 is 1.88 bits per heavy atom. The van der Waals surface area contributed by atoms with Crippen LogP contribution in [0.4, 0.5) is 0 Å². The molecule has 0 radical (unpaired) electrons. The number of rotatable bonds is 7. The topological polar surface area (TPSA) is 98.2 Å². The molecule has 0 saturated heterocycles. The van der Waals surface area contributed by atoms with E-state index >= 15 is 0 Å². The van der Waals surface area contributed by atoms with Crippen LogP contribution in [0.25, 0.3) is 0 Å². The number of nitrogens with one attached hydrogen (secondary N) is 1. The SMILES string of the molecule is CCCC(CN)C(=O)NC(C(N)=O)C(C)C. The summed E-state index contributed by atoms with van der Waals surface area (Å²) in [6.07, 6.45) is 1.62. The molecule has 16 heavy (non-hydrogen) atoms. The van der Waals surface area contributed by atoms with Gasteiger partial charge in [-0.3, -0.25) is 9.59 Å². The lowest BCUT2D eigenvalue weighted by Gasteiger charge is -2.22. The lowest BCUT2D eigenvalue weighted by Crippen LogP contribution is -2.50. The molecular weight excluding hydrogens is 206 g/mol. The molecule has 5 heteroatoms. The predicted octanol–water partition coefficient (Wildman–Crippen LogP) is -0.0125. The van der Waals surface area contributed by atoms with Crippen molar-refractivity contribution < 1.29 is 9.59 Å². The molecule has 0 aliphatic carbocycles. The molecule has 0 aromatic carbocycles. The first-order valence-electron chi connectivity index (χ1n) is 5.73. The van der Waals surface area contributed by atoms with Crippen LogP contribution in [0.3, 0.4) is 0 Å². The highest BCUT2D eigenvalue weighted by atomic mass is 16.2. The van der Waals surface area contributed by atoms with Crippen LogP contribution in [0.2, 0.25) is 0 Å². The van der Waals surface area contributed by atoms with Gasteiger partial charge in [-0.15, -0.1) is 0 Å². The maximum Gasteiger partial charge on any atom is 0.240 e. The van der Waals surface area contributed by atoms with Gasteiger partial charge in [0.1, 0.15) is 6.04 Å². The number of hydrogen-bond acceptors (Lipinski definition) is 3. The second-order valence-electron chi connectivity index (χ2n) is 4.35. The van der Waals surface area contributed by atoms with Gasteiger partial charge in [0.2, 0.25) is 11.8 Å². The molecule has 0 saturated carbocycles. The van der Waals surface area contributed by atoms with E-state index in [9.17, 15) is 9.59 Å². The Morgan fingerprint density at radius 3 is 2.19 bits per heavy atom. The van der Waals surface area contributed by atoms with Crippen molar-refractivity contribution >= 4 is 11.8 Å². The summed E-state index contributed by atoms with van der Waals surface area (Å²) in [4.78, 5) is 22.9. The quantitative estimate of drug-likeness (QED) is 0.572. The molecule has 0 aromatic rings. The van der Waals surface area contributed by atoms with E-state index in [-0.39, 0.29) is 17.7 Å². The fourth-order valence-electron chi connectivity index (χ4n) is 1.54. The number of nitrogens with two attached hydrogens (primary N) is 2. The zero-order chi connectivity index (χ0) is 12.7. The van der Waals surface area contributed by atoms with Gasteiger partial charge in [-0.25, -0.2) is 0 Å². The van der Waals surface area contributed by atoms with E-state index in [4.69, 9.17) is 11.5 Å². The van der Waals surface area contributed by atoms with Crippen LogP contribution >= 0.6 is 0 Å². The number of carbonyl (C=O) groups excluding carboxylic acids is 2. The lowest BCUT2D eigenvalue weighted by atomic mass is 9.99. The lowest BCUT2D eigenvalue weighted by molar-refractivity contribution is -0.130. The van der Waals surface area contributed by atoms with Crippen molar-refractivity contribution in [2.45, 2.75) is 39.7 Å². The third kappa shape index (κ3) is 4.61. The van der Waals surface area contributed by atoms with E-state index in [1.165, 1.54) is 0 Å². The van der Waals surface area contributed by atoms with Crippen molar-refractivity contribution in [3.63, 3.8) is 0 Å². The van der Waals surface area contributed by atoms with Crippen molar-refractivity contribution in [1.82, 2.24) is 5.32 Å². The molecular formula is C11H23N3O2. The highest BCUT2D eigenvalue weighted by molar-refractivity contribution is 5.87. The van der Waals surface area contributed by atoms with E-state index in [1.54, 1.807) is 0 Å². The van der Waals surface area contributed by atoms with Gasteiger partial charge in [0.15, 0.2) is 0 Å². The third-order valence-corrected chi connectivity index (χ3v) is 2.56. The van der Waals surface area contributed by atoms with E-state index in [1.807, 2.05) is 20.8 Å². The number of amides is 2. The molecule has 2 unspecified atom stereocenters. The van der Waals surface area contributed by atoms with Gasteiger partial charge < -0.3 is 16.8 Å². The zero-order valence-corrected chi connectivity index (χ0v) is 10.3. The molecule has 0 rings (SSSR count). The Kier molecular flexibility index (Phi) is 6.72. The van der Waals surface area contributed by atoms with Crippen LogP contribution in [0.5, 0.6) is 0 Å². The molecule has 0 fully saturated rings. The Bertz CT molecular complexity index is 241. The Morgan fingerprint density at radius 1 is 1.31 bits per heavy atom. The van der Waals surface area contributed by atoms with E-state index < -0.39 is 11.9 Å². The van der Waals surface area contributed by atoms with Gasteiger partial charge in [0.05, 0.1) is 5.92 Å². The first-order chi connectivity index (χ1) is 7.43. The fraction of sp³-hybridized carbons (Fsp3) is 0.818. The molecule has 0 bridgehead atoms. The summed E-state index contributed by atoms with van der Waals surface area (Å²) in [5, 5.41) is 2.66. The zero-order valence-electron chi connectivity index (χ0n) is 10.3. The van der Waals surface area contributed by atoms with Crippen LogP contribution in [0.15, 0.2) is 0 Å². The largest absolute Gasteiger partial charge is 0.368 e. The van der Waals surface area contributed by atoms with E-state index in [2.05, 4.69) is 5.32 Å². The predicted molar refractivity (Wildman–Crippen MR) is 63.4 cm³/mol. The van der Waals surface area contributed by atoms with Gasteiger partial charge >= 0.3 is 0 Å². The number of hydrogen-bond donors (Lipinski definition) is 3.